The molecule has 2 heterocycles. The van der Waals surface area contributed by atoms with Gasteiger partial charge in [-0.05, 0) is 19.1 Å². The highest BCUT2D eigenvalue weighted by molar-refractivity contribution is 6.01. The first-order chi connectivity index (χ1) is 13.1. The summed E-state index contributed by atoms with van der Waals surface area (Å²) in [6.07, 6.45) is 1.60. The van der Waals surface area contributed by atoms with E-state index >= 15 is 0 Å². The molecule has 142 valence electrons. The molecule has 0 spiro atoms. The van der Waals surface area contributed by atoms with Crippen molar-refractivity contribution in [1.82, 2.24) is 25.8 Å². The Hall–Kier alpha value is -3.36. The fourth-order valence-electron chi connectivity index (χ4n) is 2.58. The first kappa shape index (κ1) is 18.4. The molecule has 9 nitrogen and oxygen atoms in total. The largest absolute Gasteiger partial charge is 0.444 e. The summed E-state index contributed by atoms with van der Waals surface area (Å²) in [5.41, 5.74) is 2.83. The van der Waals surface area contributed by atoms with Gasteiger partial charge in [-0.3, -0.25) is 14.7 Å². The molecule has 2 aromatic rings. The van der Waals surface area contributed by atoms with Crippen molar-refractivity contribution in [2.75, 3.05) is 26.7 Å². The molecule has 1 aromatic heterocycles. The Morgan fingerprint density at radius 3 is 2.74 bits per heavy atom. The van der Waals surface area contributed by atoms with Crippen molar-refractivity contribution in [2.45, 2.75) is 13.5 Å². The molecule has 1 fully saturated rings. The third-order valence-electron chi connectivity index (χ3n) is 4.08. The number of aromatic nitrogens is 1. The minimum absolute atomic E-state index is 0.0568. The summed E-state index contributed by atoms with van der Waals surface area (Å²) >= 11 is 0. The molecule has 0 atom stereocenters. The Bertz CT molecular complexity index is 827. The van der Waals surface area contributed by atoms with Gasteiger partial charge < -0.3 is 20.4 Å². The minimum atomic E-state index is -0.365. The molecule has 0 saturated carbocycles. The zero-order valence-corrected chi connectivity index (χ0v) is 15.3. The number of amides is 3. The molecule has 3 N–H and O–H groups in total. The van der Waals surface area contributed by atoms with E-state index in [1.54, 1.807) is 13.3 Å². The SMILES string of the molecule is CN=C(NCCN1C(=O)CNC1=O)NCc1coc(-c2ccc(C)cc2)n1. The van der Waals surface area contributed by atoms with Crippen LogP contribution in [-0.2, 0) is 11.3 Å². The third kappa shape index (κ3) is 4.63. The third-order valence-corrected chi connectivity index (χ3v) is 4.08. The fraction of sp³-hybridized carbons (Fsp3) is 0.333. The van der Waals surface area contributed by atoms with Crippen molar-refractivity contribution in [3.8, 4) is 11.5 Å². The lowest BCUT2D eigenvalue weighted by molar-refractivity contribution is -0.124. The molecule has 1 aromatic carbocycles. The van der Waals surface area contributed by atoms with Crippen LogP contribution >= 0.6 is 0 Å². The average molecular weight is 370 g/mol. The van der Waals surface area contributed by atoms with Gasteiger partial charge in [0.1, 0.15) is 6.26 Å². The monoisotopic (exact) mass is 370 g/mol. The van der Waals surface area contributed by atoms with Gasteiger partial charge in [-0.25, -0.2) is 9.78 Å². The van der Waals surface area contributed by atoms with E-state index < -0.39 is 0 Å². The fourth-order valence-corrected chi connectivity index (χ4v) is 2.58. The standard InChI is InChI=1S/C18H22N6O3/c1-12-3-5-13(6-4-12)16-23-14(11-27-16)9-21-17(19-2)20-7-8-24-15(25)10-22-18(24)26/h3-6,11H,7-10H2,1-2H3,(H,22,26)(H2,19,20,21). The van der Waals surface area contributed by atoms with Gasteiger partial charge in [-0.2, -0.15) is 0 Å². The number of carbonyl (C=O) groups excluding carboxylic acids is 2. The van der Waals surface area contributed by atoms with E-state index in [0.29, 0.717) is 24.9 Å². The van der Waals surface area contributed by atoms with E-state index in [9.17, 15) is 9.59 Å². The lowest BCUT2D eigenvalue weighted by atomic mass is 10.1. The normalized spacial score (nSPS) is 14.4. The molecule has 9 heteroatoms. The molecule has 1 aliphatic heterocycles. The molecular formula is C18H22N6O3. The summed E-state index contributed by atoms with van der Waals surface area (Å²) in [7, 11) is 1.64. The van der Waals surface area contributed by atoms with E-state index in [0.717, 1.165) is 11.3 Å². The zero-order chi connectivity index (χ0) is 19.2. The highest BCUT2D eigenvalue weighted by atomic mass is 16.3. The van der Waals surface area contributed by atoms with Gasteiger partial charge >= 0.3 is 6.03 Å². The topological polar surface area (TPSA) is 112 Å². The molecule has 0 aliphatic carbocycles. The molecule has 0 radical (unpaired) electrons. The molecule has 3 amide bonds. The van der Waals surface area contributed by atoms with Crippen molar-refractivity contribution in [3.63, 3.8) is 0 Å². The van der Waals surface area contributed by atoms with E-state index in [-0.39, 0.29) is 25.0 Å². The number of rotatable bonds is 6. The van der Waals surface area contributed by atoms with Gasteiger partial charge in [-0.1, -0.05) is 17.7 Å². The molecule has 1 aliphatic rings. The average Bonchev–Trinajstić information content (AvgIpc) is 3.26. The molecule has 1 saturated heterocycles. The van der Waals surface area contributed by atoms with Crippen molar-refractivity contribution >= 4 is 17.9 Å². The van der Waals surface area contributed by atoms with Gasteiger partial charge in [0.2, 0.25) is 11.8 Å². The van der Waals surface area contributed by atoms with Crippen LogP contribution in [0.2, 0.25) is 0 Å². The number of aliphatic imine (C=N–C) groups is 1. The first-order valence-corrected chi connectivity index (χ1v) is 8.61. The van der Waals surface area contributed by atoms with Crippen LogP contribution in [0.4, 0.5) is 4.79 Å². The van der Waals surface area contributed by atoms with Gasteiger partial charge in [0, 0.05) is 25.7 Å². The van der Waals surface area contributed by atoms with Crippen LogP contribution in [0.1, 0.15) is 11.3 Å². The maximum absolute atomic E-state index is 11.5. The van der Waals surface area contributed by atoms with Gasteiger partial charge in [0.25, 0.3) is 0 Å². The smallest absolute Gasteiger partial charge is 0.324 e. The van der Waals surface area contributed by atoms with Crippen LogP contribution < -0.4 is 16.0 Å². The summed E-state index contributed by atoms with van der Waals surface area (Å²) in [6.45, 7) is 3.18. The number of hydrogen-bond donors (Lipinski definition) is 3. The van der Waals surface area contributed by atoms with Crippen LogP contribution in [0.5, 0.6) is 0 Å². The Kier molecular flexibility index (Phi) is 5.70. The first-order valence-electron chi connectivity index (χ1n) is 8.61. The lowest BCUT2D eigenvalue weighted by Gasteiger charge is -2.15. The van der Waals surface area contributed by atoms with Gasteiger partial charge in [0.15, 0.2) is 5.96 Å². The van der Waals surface area contributed by atoms with E-state index in [4.69, 9.17) is 4.42 Å². The summed E-state index contributed by atoms with van der Waals surface area (Å²) < 4.78 is 5.53. The van der Waals surface area contributed by atoms with Crippen LogP contribution in [0, 0.1) is 6.92 Å². The summed E-state index contributed by atoms with van der Waals surface area (Å²) in [4.78, 5) is 32.8. The number of nitrogens with one attached hydrogen (secondary N) is 3. The molecule has 0 unspecified atom stereocenters. The van der Waals surface area contributed by atoms with Crippen molar-refractivity contribution in [2.24, 2.45) is 4.99 Å². The van der Waals surface area contributed by atoms with E-state index in [1.165, 1.54) is 10.5 Å². The Morgan fingerprint density at radius 2 is 2.07 bits per heavy atom. The van der Waals surface area contributed by atoms with Crippen molar-refractivity contribution in [3.05, 3.63) is 41.8 Å². The van der Waals surface area contributed by atoms with Crippen molar-refractivity contribution < 1.29 is 14.0 Å². The summed E-state index contributed by atoms with van der Waals surface area (Å²) in [5.74, 6) is 0.881. The maximum Gasteiger partial charge on any atom is 0.324 e. The van der Waals surface area contributed by atoms with Crippen LogP contribution in [-0.4, -0.2) is 54.5 Å². The second-order valence-corrected chi connectivity index (χ2v) is 6.07. The Labute approximate surface area is 156 Å². The molecular weight excluding hydrogens is 348 g/mol. The lowest BCUT2D eigenvalue weighted by Crippen LogP contribution is -2.43. The predicted octanol–water partition coefficient (Wildman–Crippen LogP) is 0.867. The van der Waals surface area contributed by atoms with Crippen LogP contribution in [0.3, 0.4) is 0 Å². The number of oxazole rings is 1. The van der Waals surface area contributed by atoms with E-state index in [2.05, 4.69) is 25.9 Å². The number of guanidine groups is 1. The van der Waals surface area contributed by atoms with Crippen molar-refractivity contribution in [1.29, 1.82) is 0 Å². The maximum atomic E-state index is 11.5. The number of hydrogen-bond acceptors (Lipinski definition) is 5. The quantitative estimate of drug-likeness (QED) is 0.395. The summed E-state index contributed by atoms with van der Waals surface area (Å²) in [6, 6.07) is 7.59. The zero-order valence-electron chi connectivity index (χ0n) is 15.3. The number of carbonyl (C=O) groups is 2. The van der Waals surface area contributed by atoms with Crippen LogP contribution in [0.15, 0.2) is 39.9 Å². The molecule has 3 rings (SSSR count). The molecule has 0 bridgehead atoms. The second-order valence-electron chi connectivity index (χ2n) is 6.07. The van der Waals surface area contributed by atoms with Gasteiger partial charge in [0.05, 0.1) is 18.8 Å². The predicted molar refractivity (Wildman–Crippen MR) is 100.0 cm³/mol. The number of aryl methyl sites for hydroxylation is 1. The number of nitrogens with zero attached hydrogens (tertiary/aromatic N) is 3. The number of benzene rings is 1. The second kappa shape index (κ2) is 8.35. The summed E-state index contributed by atoms with van der Waals surface area (Å²) in [5, 5.41) is 8.66. The highest BCUT2D eigenvalue weighted by Gasteiger charge is 2.27. The van der Waals surface area contributed by atoms with Crippen LogP contribution in [0.25, 0.3) is 11.5 Å². The number of urea groups is 1. The number of imide groups is 1. The Morgan fingerprint density at radius 1 is 1.30 bits per heavy atom. The minimum Gasteiger partial charge on any atom is -0.444 e. The highest BCUT2D eigenvalue weighted by Crippen LogP contribution is 2.18. The molecule has 27 heavy (non-hydrogen) atoms. The van der Waals surface area contributed by atoms with Gasteiger partial charge in [-0.15, -0.1) is 0 Å². The van der Waals surface area contributed by atoms with E-state index in [1.807, 2.05) is 31.2 Å². The Balaban J connectivity index is 1.47.